The van der Waals surface area contributed by atoms with E-state index < -0.39 is 5.97 Å². The summed E-state index contributed by atoms with van der Waals surface area (Å²) in [5.74, 6) is -0.501. The Morgan fingerprint density at radius 1 is 1.77 bits per heavy atom. The highest BCUT2D eigenvalue weighted by molar-refractivity contribution is 5.88. The van der Waals surface area contributed by atoms with E-state index in [0.717, 1.165) is 0 Å². The van der Waals surface area contributed by atoms with Crippen molar-refractivity contribution in [1.29, 1.82) is 0 Å². The van der Waals surface area contributed by atoms with E-state index in [-0.39, 0.29) is 12.2 Å². The number of rotatable bonds is 2. The Bertz CT molecular complexity index is 355. The van der Waals surface area contributed by atoms with Crippen molar-refractivity contribution in [2.45, 2.75) is 6.54 Å². The number of methoxy groups -OCH3 is 1. The summed E-state index contributed by atoms with van der Waals surface area (Å²) in [6, 6.07) is 3.38. The molecule has 0 saturated heterocycles. The van der Waals surface area contributed by atoms with Gasteiger partial charge < -0.3 is 9.58 Å². The first-order valence-corrected chi connectivity index (χ1v) is 3.65. The highest BCUT2D eigenvalue weighted by Gasteiger charge is 2.13. The number of hydrogen-bond acceptors (Lipinski definition) is 3. The van der Waals surface area contributed by atoms with Crippen molar-refractivity contribution in [3.63, 3.8) is 0 Å². The van der Waals surface area contributed by atoms with E-state index in [0.29, 0.717) is 5.56 Å². The zero-order valence-electron chi connectivity index (χ0n) is 7.15. The van der Waals surface area contributed by atoms with Gasteiger partial charge in [-0.05, 0) is 12.1 Å². The van der Waals surface area contributed by atoms with E-state index in [1.54, 1.807) is 12.1 Å². The first kappa shape index (κ1) is 9.20. The minimum absolute atomic E-state index is 0.151. The lowest BCUT2D eigenvalue weighted by Gasteiger charge is -2.00. The van der Waals surface area contributed by atoms with Gasteiger partial charge in [-0.15, -0.1) is 0 Å². The lowest BCUT2D eigenvalue weighted by Crippen LogP contribution is -2.07. The summed E-state index contributed by atoms with van der Waals surface area (Å²) in [6.07, 6.45) is 1.50. The molecule has 4 heteroatoms. The normalized spacial score (nSPS) is 8.92. The summed E-state index contributed by atoms with van der Waals surface area (Å²) >= 11 is 0. The topological polar surface area (TPSA) is 43.5 Å². The molecule has 0 radical (unpaired) electrons. The first-order chi connectivity index (χ1) is 6.29. The lowest BCUT2D eigenvalue weighted by molar-refractivity contribution is 0.0593. The summed E-state index contributed by atoms with van der Waals surface area (Å²) < 4.78 is 4.52. The van der Waals surface area contributed by atoms with Gasteiger partial charge in [0.2, 0.25) is 6.54 Å². The quantitative estimate of drug-likeness (QED) is 0.503. The average molecular weight is 176 g/mol. The second-order valence-corrected chi connectivity index (χ2v) is 2.32. The van der Waals surface area contributed by atoms with Crippen LogP contribution in [0.25, 0.3) is 4.85 Å². The average Bonchev–Trinajstić information content (AvgIpc) is 2.18. The Hall–Kier alpha value is -1.89. The van der Waals surface area contributed by atoms with Crippen molar-refractivity contribution in [1.82, 2.24) is 4.98 Å². The van der Waals surface area contributed by atoms with Gasteiger partial charge in [0.1, 0.15) is 0 Å². The molecule has 1 aromatic rings. The third-order valence-corrected chi connectivity index (χ3v) is 1.52. The van der Waals surface area contributed by atoms with E-state index >= 15 is 0 Å². The van der Waals surface area contributed by atoms with Gasteiger partial charge in [0, 0.05) is 6.20 Å². The van der Waals surface area contributed by atoms with Gasteiger partial charge >= 0.3 is 5.97 Å². The molecule has 66 valence electrons. The molecular weight excluding hydrogens is 168 g/mol. The Balaban J connectivity index is 3.05. The molecule has 0 N–H and O–H groups in total. The lowest BCUT2D eigenvalue weighted by atomic mass is 10.2. The molecule has 0 unspecified atom stereocenters. The first-order valence-electron chi connectivity index (χ1n) is 3.65. The third-order valence-electron chi connectivity index (χ3n) is 1.52. The van der Waals surface area contributed by atoms with Crippen LogP contribution in [0.3, 0.4) is 0 Å². The third kappa shape index (κ3) is 2.03. The molecule has 0 saturated carbocycles. The fourth-order valence-electron chi connectivity index (χ4n) is 0.932. The van der Waals surface area contributed by atoms with Crippen molar-refractivity contribution in [2.24, 2.45) is 0 Å². The Kier molecular flexibility index (Phi) is 2.98. The molecule has 4 nitrogen and oxygen atoms in total. The van der Waals surface area contributed by atoms with Crippen molar-refractivity contribution in [3.8, 4) is 0 Å². The van der Waals surface area contributed by atoms with Crippen LogP contribution in [0.1, 0.15) is 16.1 Å². The smallest absolute Gasteiger partial charge is 0.357 e. The number of pyridine rings is 1. The van der Waals surface area contributed by atoms with Crippen LogP contribution in [0.4, 0.5) is 0 Å². The molecule has 13 heavy (non-hydrogen) atoms. The molecule has 0 aliphatic heterocycles. The molecule has 1 aromatic heterocycles. The molecule has 0 spiro atoms. The zero-order chi connectivity index (χ0) is 9.68. The summed E-state index contributed by atoms with van der Waals surface area (Å²) in [5, 5.41) is 0. The van der Waals surface area contributed by atoms with Gasteiger partial charge in [0.25, 0.3) is 0 Å². The maximum Gasteiger partial charge on any atom is 0.357 e. The van der Waals surface area contributed by atoms with E-state index in [1.807, 2.05) is 0 Å². The highest BCUT2D eigenvalue weighted by atomic mass is 16.5. The van der Waals surface area contributed by atoms with E-state index in [9.17, 15) is 4.79 Å². The van der Waals surface area contributed by atoms with E-state index in [2.05, 4.69) is 14.6 Å². The highest BCUT2D eigenvalue weighted by Crippen LogP contribution is 2.07. The number of hydrogen-bond donors (Lipinski definition) is 0. The van der Waals surface area contributed by atoms with Crippen LogP contribution >= 0.6 is 0 Å². The van der Waals surface area contributed by atoms with Crippen molar-refractivity contribution in [3.05, 3.63) is 41.0 Å². The number of carbonyl (C=O) groups is 1. The number of carbonyl (C=O) groups excluding carboxylic acids is 1. The van der Waals surface area contributed by atoms with Gasteiger partial charge in [-0.1, -0.05) is 0 Å². The molecule has 0 fully saturated rings. The molecule has 1 rings (SSSR count). The van der Waals surface area contributed by atoms with Gasteiger partial charge in [-0.25, -0.2) is 16.4 Å². The maximum atomic E-state index is 11.1. The molecule has 0 bridgehead atoms. The predicted octanol–water partition coefficient (Wildman–Crippen LogP) is 1.29. The monoisotopic (exact) mass is 176 g/mol. The minimum atomic E-state index is -0.501. The molecular formula is C9H8N2O2. The fraction of sp³-hybridized carbons (Fsp3) is 0.222. The van der Waals surface area contributed by atoms with Gasteiger partial charge in [-0.3, -0.25) is 0 Å². The molecule has 0 aromatic carbocycles. The summed E-state index contributed by atoms with van der Waals surface area (Å²) in [6.45, 7) is 6.83. The zero-order valence-corrected chi connectivity index (χ0v) is 7.15. The number of aromatic nitrogens is 1. The fourth-order valence-corrected chi connectivity index (χ4v) is 0.932. The minimum Gasteiger partial charge on any atom is -0.464 e. The van der Waals surface area contributed by atoms with Crippen LogP contribution in [0.2, 0.25) is 0 Å². The molecule has 0 atom stereocenters. The van der Waals surface area contributed by atoms with Crippen LogP contribution in [-0.2, 0) is 11.3 Å². The predicted molar refractivity (Wildman–Crippen MR) is 45.9 cm³/mol. The van der Waals surface area contributed by atoms with Gasteiger partial charge in [0.15, 0.2) is 5.69 Å². The standard InChI is InChI=1S/C9H8N2O2/c1-10-6-7-4-3-5-11-8(7)9(12)13-2/h3-5H,6H2,2H3. The van der Waals surface area contributed by atoms with Crippen LogP contribution in [-0.4, -0.2) is 18.1 Å². The Labute approximate surface area is 76.0 Å². The van der Waals surface area contributed by atoms with Crippen LogP contribution in [0.5, 0.6) is 0 Å². The molecule has 0 amide bonds. The molecule has 1 heterocycles. The van der Waals surface area contributed by atoms with Crippen LogP contribution in [0.15, 0.2) is 18.3 Å². The van der Waals surface area contributed by atoms with Crippen molar-refractivity contribution in [2.75, 3.05) is 7.11 Å². The number of nitrogens with zero attached hydrogens (tertiary/aromatic N) is 2. The van der Waals surface area contributed by atoms with E-state index in [1.165, 1.54) is 13.3 Å². The second-order valence-electron chi connectivity index (χ2n) is 2.32. The number of ether oxygens (including phenoxy) is 1. The Morgan fingerprint density at radius 3 is 3.15 bits per heavy atom. The van der Waals surface area contributed by atoms with Crippen molar-refractivity contribution < 1.29 is 9.53 Å². The van der Waals surface area contributed by atoms with Crippen LogP contribution in [0, 0.1) is 6.57 Å². The summed E-state index contributed by atoms with van der Waals surface area (Å²) in [4.78, 5) is 18.2. The Morgan fingerprint density at radius 2 is 2.54 bits per heavy atom. The van der Waals surface area contributed by atoms with Gasteiger partial charge in [0.05, 0.1) is 12.7 Å². The molecule has 0 aliphatic rings. The second kappa shape index (κ2) is 4.21. The largest absolute Gasteiger partial charge is 0.464 e. The van der Waals surface area contributed by atoms with E-state index in [4.69, 9.17) is 6.57 Å². The summed E-state index contributed by atoms with van der Waals surface area (Å²) in [5.41, 5.74) is 0.824. The van der Waals surface area contributed by atoms with Gasteiger partial charge in [-0.2, -0.15) is 0 Å². The molecule has 0 aliphatic carbocycles. The summed E-state index contributed by atoms with van der Waals surface area (Å²) in [7, 11) is 1.29. The maximum absolute atomic E-state index is 11.1. The SMILES string of the molecule is [C-]#[N+]Cc1cccnc1C(=O)OC. The van der Waals surface area contributed by atoms with Crippen molar-refractivity contribution >= 4 is 5.97 Å². The number of esters is 1. The van der Waals surface area contributed by atoms with Crippen LogP contribution < -0.4 is 0 Å².